The highest BCUT2D eigenvalue weighted by Crippen LogP contribution is 2.43. The van der Waals surface area contributed by atoms with Gasteiger partial charge in [-0.15, -0.1) is 23.5 Å². The van der Waals surface area contributed by atoms with Crippen molar-refractivity contribution >= 4 is 35.1 Å². The van der Waals surface area contributed by atoms with Gasteiger partial charge in [-0.25, -0.2) is 0 Å². The van der Waals surface area contributed by atoms with Gasteiger partial charge < -0.3 is 5.73 Å². The van der Waals surface area contributed by atoms with Crippen LogP contribution in [-0.4, -0.2) is 33.2 Å². The smallest absolute Gasteiger partial charge is 0.144 e. The minimum atomic E-state index is -0.184. The molecule has 2 unspecified atom stereocenters. The van der Waals surface area contributed by atoms with Crippen LogP contribution in [0, 0.1) is 0 Å². The summed E-state index contributed by atoms with van der Waals surface area (Å²) < 4.78 is 0.197. The Kier molecular flexibility index (Phi) is 3.82. The van der Waals surface area contributed by atoms with Crippen molar-refractivity contribution in [2.24, 2.45) is 5.73 Å². The first-order valence-electron chi connectivity index (χ1n) is 4.08. The minimum Gasteiger partial charge on any atom is -0.329 e. The molecule has 0 aliphatic carbocycles. The molecule has 0 aromatic carbocycles. The molecule has 2 N–H and O–H groups in total. The van der Waals surface area contributed by atoms with Gasteiger partial charge >= 0.3 is 0 Å². The van der Waals surface area contributed by atoms with Crippen molar-refractivity contribution < 1.29 is 9.59 Å². The molecule has 3 nitrogen and oxygen atoms in total. The number of Topliss-reactive ketones (excluding diaryl/α,β-unsaturated/α-hetero) is 2. The molecule has 0 saturated carbocycles. The van der Waals surface area contributed by atoms with Gasteiger partial charge in [-0.05, 0) is 13.8 Å². The van der Waals surface area contributed by atoms with Crippen LogP contribution in [-0.2, 0) is 9.59 Å². The Morgan fingerprint density at radius 2 is 1.54 bits per heavy atom. The minimum absolute atomic E-state index is 0.0775. The average Bonchev–Trinajstić information content (AvgIpc) is 2.47. The maximum Gasteiger partial charge on any atom is 0.144 e. The molecule has 0 aromatic rings. The molecule has 1 saturated heterocycles. The summed E-state index contributed by atoms with van der Waals surface area (Å²) in [5.41, 5.74) is 5.49. The van der Waals surface area contributed by atoms with Crippen LogP contribution in [0.15, 0.2) is 0 Å². The Bertz CT molecular complexity index is 210. The van der Waals surface area contributed by atoms with E-state index in [0.29, 0.717) is 6.54 Å². The molecule has 1 heterocycles. The second kappa shape index (κ2) is 4.48. The Morgan fingerprint density at radius 1 is 1.15 bits per heavy atom. The molecule has 0 radical (unpaired) electrons. The van der Waals surface area contributed by atoms with Gasteiger partial charge in [-0.1, -0.05) is 0 Å². The lowest BCUT2D eigenvalue weighted by atomic mass is 10.2. The summed E-state index contributed by atoms with van der Waals surface area (Å²) in [6, 6.07) is 0. The SMILES string of the molecule is CC(=O)C1SC(CN)SC1C(C)=O. The summed E-state index contributed by atoms with van der Waals surface area (Å²) >= 11 is 3.05. The normalized spacial score (nSPS) is 33.3. The fourth-order valence-electron chi connectivity index (χ4n) is 1.23. The number of thioether (sulfide) groups is 2. The fraction of sp³-hybridized carbons (Fsp3) is 0.750. The Hall–Kier alpha value is -0.0000000000000000555. The van der Waals surface area contributed by atoms with Gasteiger partial charge in [0, 0.05) is 6.54 Å². The fourth-order valence-corrected chi connectivity index (χ4v) is 4.52. The van der Waals surface area contributed by atoms with Crippen LogP contribution in [0.25, 0.3) is 0 Å². The lowest BCUT2D eigenvalue weighted by Gasteiger charge is -2.10. The van der Waals surface area contributed by atoms with E-state index in [1.54, 1.807) is 0 Å². The zero-order chi connectivity index (χ0) is 10.0. The molecule has 1 rings (SSSR count). The van der Waals surface area contributed by atoms with Crippen molar-refractivity contribution in [2.75, 3.05) is 6.54 Å². The molecule has 1 aliphatic rings. The molecule has 2 atom stereocenters. The summed E-state index contributed by atoms with van der Waals surface area (Å²) in [4.78, 5) is 22.4. The van der Waals surface area contributed by atoms with E-state index in [4.69, 9.17) is 5.73 Å². The summed E-state index contributed by atoms with van der Waals surface area (Å²) in [7, 11) is 0. The highest BCUT2D eigenvalue weighted by molar-refractivity contribution is 8.21. The Morgan fingerprint density at radius 3 is 1.77 bits per heavy atom. The van der Waals surface area contributed by atoms with Crippen molar-refractivity contribution in [1.82, 2.24) is 0 Å². The van der Waals surface area contributed by atoms with Gasteiger partial charge in [0.2, 0.25) is 0 Å². The highest BCUT2D eigenvalue weighted by atomic mass is 32.2. The van der Waals surface area contributed by atoms with E-state index < -0.39 is 0 Å². The molecule has 5 heteroatoms. The first-order valence-corrected chi connectivity index (χ1v) is 5.96. The molecule has 13 heavy (non-hydrogen) atoms. The van der Waals surface area contributed by atoms with E-state index in [9.17, 15) is 9.59 Å². The number of hydrogen-bond donors (Lipinski definition) is 1. The number of ketones is 2. The van der Waals surface area contributed by atoms with Gasteiger partial charge in [0.05, 0.1) is 15.1 Å². The van der Waals surface area contributed by atoms with Crippen LogP contribution < -0.4 is 5.73 Å². The predicted molar refractivity (Wildman–Crippen MR) is 57.0 cm³/mol. The third-order valence-corrected chi connectivity index (χ3v) is 5.49. The molecule has 0 bridgehead atoms. The second-order valence-electron chi connectivity index (χ2n) is 3.00. The number of carbonyl (C=O) groups excluding carboxylic acids is 2. The summed E-state index contributed by atoms with van der Waals surface area (Å²) in [6.45, 7) is 3.59. The Balaban J connectivity index is 2.71. The van der Waals surface area contributed by atoms with Gasteiger partial charge in [0.25, 0.3) is 0 Å². The standard InChI is InChI=1S/C8H13NO2S2/c1-4(10)7-8(5(2)11)13-6(3-9)12-7/h6-8H,3,9H2,1-2H3. The van der Waals surface area contributed by atoms with E-state index in [1.165, 1.54) is 37.4 Å². The molecule has 0 amide bonds. The number of hydrogen-bond acceptors (Lipinski definition) is 5. The number of nitrogens with two attached hydrogens (primary N) is 1. The van der Waals surface area contributed by atoms with Crippen LogP contribution >= 0.6 is 23.5 Å². The van der Waals surface area contributed by atoms with E-state index >= 15 is 0 Å². The van der Waals surface area contributed by atoms with Gasteiger partial charge in [-0.3, -0.25) is 9.59 Å². The molecule has 1 fully saturated rings. The largest absolute Gasteiger partial charge is 0.329 e. The predicted octanol–water partition coefficient (Wildman–Crippen LogP) is 0.666. The van der Waals surface area contributed by atoms with Crippen LogP contribution in [0.1, 0.15) is 13.8 Å². The van der Waals surface area contributed by atoms with Gasteiger partial charge in [0.15, 0.2) is 0 Å². The van der Waals surface area contributed by atoms with E-state index in [-0.39, 0.29) is 26.6 Å². The van der Waals surface area contributed by atoms with Crippen molar-refractivity contribution in [2.45, 2.75) is 28.9 Å². The Labute approximate surface area is 86.2 Å². The van der Waals surface area contributed by atoms with Crippen molar-refractivity contribution in [3.05, 3.63) is 0 Å². The lowest BCUT2D eigenvalue weighted by molar-refractivity contribution is -0.121. The first kappa shape index (κ1) is 11.1. The lowest BCUT2D eigenvalue weighted by Crippen LogP contribution is -2.28. The van der Waals surface area contributed by atoms with Crippen molar-refractivity contribution in [1.29, 1.82) is 0 Å². The van der Waals surface area contributed by atoms with Gasteiger partial charge in [-0.2, -0.15) is 0 Å². The molecule has 1 aliphatic heterocycles. The third-order valence-electron chi connectivity index (χ3n) is 1.87. The van der Waals surface area contributed by atoms with E-state index in [0.717, 1.165) is 0 Å². The molecular weight excluding hydrogens is 206 g/mol. The van der Waals surface area contributed by atoms with Crippen molar-refractivity contribution in [3.63, 3.8) is 0 Å². The summed E-state index contributed by atoms with van der Waals surface area (Å²) in [6.07, 6.45) is 0. The maximum absolute atomic E-state index is 11.2. The first-order chi connectivity index (χ1) is 6.06. The average molecular weight is 219 g/mol. The van der Waals surface area contributed by atoms with E-state index in [1.807, 2.05) is 0 Å². The zero-order valence-electron chi connectivity index (χ0n) is 7.65. The van der Waals surface area contributed by atoms with Crippen LogP contribution in [0.2, 0.25) is 0 Å². The van der Waals surface area contributed by atoms with Gasteiger partial charge in [0.1, 0.15) is 11.6 Å². The van der Waals surface area contributed by atoms with Crippen LogP contribution in [0.5, 0.6) is 0 Å². The summed E-state index contributed by atoms with van der Waals surface area (Å²) in [5.74, 6) is 0.155. The van der Waals surface area contributed by atoms with Crippen LogP contribution in [0.3, 0.4) is 0 Å². The molecular formula is C8H13NO2S2. The topological polar surface area (TPSA) is 60.2 Å². The second-order valence-corrected chi connectivity index (χ2v) is 6.00. The molecule has 0 aromatic heterocycles. The third kappa shape index (κ3) is 2.48. The van der Waals surface area contributed by atoms with E-state index in [2.05, 4.69) is 0 Å². The number of carbonyl (C=O) groups is 2. The van der Waals surface area contributed by atoms with Crippen molar-refractivity contribution in [3.8, 4) is 0 Å². The highest BCUT2D eigenvalue weighted by Gasteiger charge is 2.40. The zero-order valence-corrected chi connectivity index (χ0v) is 9.28. The quantitative estimate of drug-likeness (QED) is 0.756. The number of rotatable bonds is 3. The van der Waals surface area contributed by atoms with Crippen LogP contribution in [0.4, 0.5) is 0 Å². The summed E-state index contributed by atoms with van der Waals surface area (Å²) in [5, 5.41) is -0.368. The molecule has 0 spiro atoms. The maximum atomic E-state index is 11.2. The molecule has 74 valence electrons. The monoisotopic (exact) mass is 219 g/mol.